The van der Waals surface area contributed by atoms with Crippen molar-refractivity contribution in [2.45, 2.75) is 12.5 Å². The van der Waals surface area contributed by atoms with E-state index in [0.29, 0.717) is 12.1 Å². The summed E-state index contributed by atoms with van der Waals surface area (Å²) in [6.45, 7) is 0. The van der Waals surface area contributed by atoms with E-state index in [4.69, 9.17) is 0 Å². The average molecular weight is 244 g/mol. The van der Waals surface area contributed by atoms with Crippen molar-refractivity contribution >= 4 is 17.5 Å². The first-order chi connectivity index (χ1) is 7.97. The molecule has 0 spiro atoms. The summed E-state index contributed by atoms with van der Waals surface area (Å²) in [5.41, 5.74) is -0.489. The smallest absolute Gasteiger partial charge is 0.249 e. The molecule has 0 aliphatic carbocycles. The molecule has 2 N–H and O–H groups in total. The van der Waals surface area contributed by atoms with E-state index < -0.39 is 41.0 Å². The summed E-state index contributed by atoms with van der Waals surface area (Å²) in [5, 5.41) is 4.27. The first-order valence-electron chi connectivity index (χ1n) is 4.72. The maximum absolute atomic E-state index is 13.2. The number of halogens is 3. The second-order valence-corrected chi connectivity index (χ2v) is 3.56. The molecule has 0 bridgehead atoms. The van der Waals surface area contributed by atoms with E-state index in [1.54, 1.807) is 0 Å². The number of carbonyl (C=O) groups excluding carboxylic acids is 2. The highest BCUT2D eigenvalue weighted by atomic mass is 19.2. The molecule has 1 unspecified atom stereocenters. The lowest BCUT2D eigenvalue weighted by atomic mass is 10.2. The van der Waals surface area contributed by atoms with Crippen molar-refractivity contribution in [2.24, 2.45) is 0 Å². The third-order valence-electron chi connectivity index (χ3n) is 2.29. The van der Waals surface area contributed by atoms with Crippen LogP contribution in [0.5, 0.6) is 0 Å². The van der Waals surface area contributed by atoms with Gasteiger partial charge in [-0.05, 0) is 0 Å². The molecular formula is C10H7F3N2O2. The van der Waals surface area contributed by atoms with Crippen molar-refractivity contribution in [1.82, 2.24) is 5.32 Å². The van der Waals surface area contributed by atoms with Crippen LogP contribution >= 0.6 is 0 Å². The van der Waals surface area contributed by atoms with Gasteiger partial charge in [-0.1, -0.05) is 0 Å². The van der Waals surface area contributed by atoms with E-state index in [2.05, 4.69) is 5.32 Å². The van der Waals surface area contributed by atoms with E-state index in [0.717, 1.165) is 0 Å². The number of nitrogens with one attached hydrogen (secondary N) is 2. The van der Waals surface area contributed by atoms with E-state index in [1.165, 1.54) is 0 Å². The van der Waals surface area contributed by atoms with Crippen molar-refractivity contribution < 1.29 is 22.8 Å². The zero-order chi connectivity index (χ0) is 12.6. The average Bonchev–Trinajstić information content (AvgIpc) is 2.53. The van der Waals surface area contributed by atoms with Gasteiger partial charge >= 0.3 is 0 Å². The molecule has 1 aromatic carbocycles. The molecule has 7 heteroatoms. The quantitative estimate of drug-likeness (QED) is 0.601. The Bertz CT molecular complexity index is 505. The molecule has 4 nitrogen and oxygen atoms in total. The van der Waals surface area contributed by atoms with Gasteiger partial charge in [-0.3, -0.25) is 14.9 Å². The van der Waals surface area contributed by atoms with E-state index in [1.807, 2.05) is 5.32 Å². The van der Waals surface area contributed by atoms with Crippen LogP contribution in [0.15, 0.2) is 12.1 Å². The second-order valence-electron chi connectivity index (χ2n) is 3.56. The summed E-state index contributed by atoms with van der Waals surface area (Å²) in [4.78, 5) is 22.0. The minimum Gasteiger partial charge on any atom is -0.371 e. The molecule has 90 valence electrons. The number of anilines is 1. The predicted octanol–water partition coefficient (Wildman–Crippen LogP) is 0.931. The highest BCUT2D eigenvalue weighted by molar-refractivity contribution is 6.06. The molecule has 2 rings (SSSR count). The molecular weight excluding hydrogens is 237 g/mol. The monoisotopic (exact) mass is 244 g/mol. The van der Waals surface area contributed by atoms with Crippen LogP contribution in [0.4, 0.5) is 18.9 Å². The molecule has 1 aliphatic rings. The van der Waals surface area contributed by atoms with Gasteiger partial charge in [0.15, 0.2) is 11.6 Å². The summed E-state index contributed by atoms with van der Waals surface area (Å²) in [7, 11) is 0. The first-order valence-corrected chi connectivity index (χ1v) is 4.72. The maximum Gasteiger partial charge on any atom is 0.249 e. The molecule has 1 aliphatic heterocycles. The van der Waals surface area contributed by atoms with Crippen molar-refractivity contribution in [3.63, 3.8) is 0 Å². The third-order valence-corrected chi connectivity index (χ3v) is 2.29. The SMILES string of the molecule is O=C1CC(Nc2cc(F)cc(F)c2F)C(=O)N1. The van der Waals surface area contributed by atoms with Crippen molar-refractivity contribution in [3.8, 4) is 0 Å². The highest BCUT2D eigenvalue weighted by Gasteiger charge is 2.31. The summed E-state index contributed by atoms with van der Waals surface area (Å²) >= 11 is 0. The van der Waals surface area contributed by atoms with Crippen molar-refractivity contribution in [2.75, 3.05) is 5.32 Å². The summed E-state index contributed by atoms with van der Waals surface area (Å²) in [5.74, 6) is -4.81. The number of amides is 2. The molecule has 1 aromatic rings. The summed E-state index contributed by atoms with van der Waals surface area (Å²) in [6, 6.07) is 0.0905. The predicted molar refractivity (Wildman–Crippen MR) is 51.5 cm³/mol. The largest absolute Gasteiger partial charge is 0.371 e. The van der Waals surface area contributed by atoms with Crippen LogP contribution in [0.2, 0.25) is 0 Å². The molecule has 1 atom stereocenters. The Hall–Kier alpha value is -2.05. The van der Waals surface area contributed by atoms with Gasteiger partial charge in [0.1, 0.15) is 11.9 Å². The van der Waals surface area contributed by atoms with E-state index in [-0.39, 0.29) is 6.42 Å². The normalized spacial score (nSPS) is 19.4. The Balaban J connectivity index is 2.24. The standard InChI is InChI=1S/C10H7F3N2O2/c11-4-1-5(12)9(13)6(2-4)14-7-3-8(16)15-10(7)17/h1-2,7,14H,3H2,(H,15,16,17). The molecule has 0 aromatic heterocycles. The Morgan fingerprint density at radius 1 is 1.24 bits per heavy atom. The zero-order valence-electron chi connectivity index (χ0n) is 8.39. The minimum atomic E-state index is -1.36. The second kappa shape index (κ2) is 4.08. The van der Waals surface area contributed by atoms with Gasteiger partial charge in [-0.25, -0.2) is 13.2 Å². The van der Waals surface area contributed by atoms with Crippen LogP contribution in [0.25, 0.3) is 0 Å². The molecule has 0 radical (unpaired) electrons. The van der Waals surface area contributed by atoms with Crippen LogP contribution in [0, 0.1) is 17.5 Å². The van der Waals surface area contributed by atoms with Crippen LogP contribution in [0.3, 0.4) is 0 Å². The molecule has 0 saturated carbocycles. The lowest BCUT2D eigenvalue weighted by molar-refractivity contribution is -0.124. The van der Waals surface area contributed by atoms with Gasteiger partial charge in [0.05, 0.1) is 12.1 Å². The number of hydrogen-bond donors (Lipinski definition) is 2. The number of benzene rings is 1. The van der Waals surface area contributed by atoms with Crippen molar-refractivity contribution in [3.05, 3.63) is 29.6 Å². The topological polar surface area (TPSA) is 58.2 Å². The van der Waals surface area contributed by atoms with Crippen LogP contribution < -0.4 is 10.6 Å². The maximum atomic E-state index is 13.2. The fourth-order valence-corrected chi connectivity index (χ4v) is 1.52. The Kier molecular flexibility index (Phi) is 2.74. The zero-order valence-corrected chi connectivity index (χ0v) is 8.39. The number of imide groups is 1. The Labute approximate surface area is 93.8 Å². The van der Waals surface area contributed by atoms with Crippen LogP contribution in [0.1, 0.15) is 6.42 Å². The van der Waals surface area contributed by atoms with Gasteiger partial charge in [0.25, 0.3) is 0 Å². The molecule has 1 heterocycles. The number of carbonyl (C=O) groups is 2. The van der Waals surface area contributed by atoms with Gasteiger partial charge < -0.3 is 5.32 Å². The van der Waals surface area contributed by atoms with Gasteiger partial charge in [0, 0.05) is 12.1 Å². The fraction of sp³-hybridized carbons (Fsp3) is 0.200. The van der Waals surface area contributed by atoms with Crippen LogP contribution in [-0.2, 0) is 9.59 Å². The first kappa shape index (κ1) is 11.4. The fourth-order valence-electron chi connectivity index (χ4n) is 1.52. The third kappa shape index (κ3) is 2.22. The highest BCUT2D eigenvalue weighted by Crippen LogP contribution is 2.21. The van der Waals surface area contributed by atoms with Gasteiger partial charge in [-0.15, -0.1) is 0 Å². The molecule has 17 heavy (non-hydrogen) atoms. The Morgan fingerprint density at radius 2 is 1.94 bits per heavy atom. The van der Waals surface area contributed by atoms with Gasteiger partial charge in [-0.2, -0.15) is 0 Å². The number of hydrogen-bond acceptors (Lipinski definition) is 3. The summed E-state index contributed by atoms with van der Waals surface area (Å²) < 4.78 is 38.9. The number of rotatable bonds is 2. The van der Waals surface area contributed by atoms with Crippen LogP contribution in [-0.4, -0.2) is 17.9 Å². The lowest BCUT2D eigenvalue weighted by Gasteiger charge is -2.11. The van der Waals surface area contributed by atoms with Gasteiger partial charge in [0.2, 0.25) is 11.8 Å². The summed E-state index contributed by atoms with van der Waals surface area (Å²) in [6.07, 6.45) is -0.198. The van der Waals surface area contributed by atoms with Crippen molar-refractivity contribution in [1.29, 1.82) is 0 Å². The van der Waals surface area contributed by atoms with E-state index >= 15 is 0 Å². The van der Waals surface area contributed by atoms with E-state index in [9.17, 15) is 22.8 Å². The minimum absolute atomic E-state index is 0.198. The molecule has 1 fully saturated rings. The Morgan fingerprint density at radius 3 is 2.53 bits per heavy atom. The lowest BCUT2D eigenvalue weighted by Crippen LogP contribution is -2.30. The molecule has 1 saturated heterocycles. The molecule has 2 amide bonds.